The number of nitrogens with zero attached hydrogens (tertiary/aromatic N) is 2. The first kappa shape index (κ1) is 14.6. The van der Waals surface area contributed by atoms with Gasteiger partial charge in [-0.3, -0.25) is 4.68 Å². The van der Waals surface area contributed by atoms with E-state index < -0.39 is 0 Å². The Morgan fingerprint density at radius 2 is 2.19 bits per heavy atom. The van der Waals surface area contributed by atoms with E-state index in [1.54, 1.807) is 0 Å². The highest BCUT2D eigenvalue weighted by molar-refractivity contribution is 6.31. The smallest absolute Gasteiger partial charge is 0.0702 e. The zero-order valence-corrected chi connectivity index (χ0v) is 13.5. The van der Waals surface area contributed by atoms with Crippen LogP contribution in [0.25, 0.3) is 11.1 Å². The quantitative estimate of drug-likeness (QED) is 0.876. The van der Waals surface area contributed by atoms with Gasteiger partial charge in [0.1, 0.15) is 0 Å². The maximum absolute atomic E-state index is 6.33. The SMILES string of the molecule is CCCc1nn(C)cc1-c1ccc(Cl)c(CNC2CC2)c1. The fraction of sp³-hybridized carbons (Fsp3) is 0.471. The summed E-state index contributed by atoms with van der Waals surface area (Å²) in [5.74, 6) is 0. The second kappa shape index (κ2) is 6.20. The summed E-state index contributed by atoms with van der Waals surface area (Å²) in [5.41, 5.74) is 4.78. The van der Waals surface area contributed by atoms with Crippen molar-refractivity contribution in [2.45, 2.75) is 45.2 Å². The van der Waals surface area contributed by atoms with E-state index in [0.29, 0.717) is 6.04 Å². The third-order valence-electron chi connectivity index (χ3n) is 3.91. The van der Waals surface area contributed by atoms with Crippen molar-refractivity contribution in [2.75, 3.05) is 0 Å². The molecule has 0 bridgehead atoms. The van der Waals surface area contributed by atoms with E-state index in [1.807, 2.05) is 17.8 Å². The summed E-state index contributed by atoms with van der Waals surface area (Å²) in [6.45, 7) is 3.03. The number of benzene rings is 1. The molecule has 1 aromatic carbocycles. The molecule has 2 aromatic rings. The largest absolute Gasteiger partial charge is 0.310 e. The van der Waals surface area contributed by atoms with E-state index in [0.717, 1.165) is 24.4 Å². The Morgan fingerprint density at radius 3 is 2.90 bits per heavy atom. The predicted molar refractivity (Wildman–Crippen MR) is 87.5 cm³/mol. The molecule has 1 fully saturated rings. The molecule has 1 saturated carbocycles. The number of nitrogens with one attached hydrogen (secondary N) is 1. The number of hydrogen-bond acceptors (Lipinski definition) is 2. The lowest BCUT2D eigenvalue weighted by atomic mass is 10.0. The first-order chi connectivity index (χ1) is 10.2. The van der Waals surface area contributed by atoms with Crippen LogP contribution in [0.1, 0.15) is 37.4 Å². The Bertz CT molecular complexity index is 629. The first-order valence-corrected chi connectivity index (χ1v) is 8.10. The van der Waals surface area contributed by atoms with Gasteiger partial charge in [0.2, 0.25) is 0 Å². The molecule has 4 heteroatoms. The van der Waals surface area contributed by atoms with Crippen molar-refractivity contribution in [1.82, 2.24) is 15.1 Å². The van der Waals surface area contributed by atoms with Gasteiger partial charge in [-0.15, -0.1) is 0 Å². The average Bonchev–Trinajstić information content (AvgIpc) is 3.22. The van der Waals surface area contributed by atoms with Gasteiger partial charge in [-0.2, -0.15) is 5.10 Å². The van der Waals surface area contributed by atoms with Crippen LogP contribution in [0, 0.1) is 0 Å². The second-order valence-electron chi connectivity index (χ2n) is 5.87. The summed E-state index contributed by atoms with van der Waals surface area (Å²) in [5, 5.41) is 8.95. The Hall–Kier alpha value is -1.32. The molecular formula is C17H22ClN3. The van der Waals surface area contributed by atoms with Crippen LogP contribution in [0.15, 0.2) is 24.4 Å². The molecule has 112 valence electrons. The molecule has 3 rings (SSSR count). The Morgan fingerprint density at radius 1 is 1.38 bits per heavy atom. The third kappa shape index (κ3) is 3.47. The fourth-order valence-corrected chi connectivity index (χ4v) is 2.80. The topological polar surface area (TPSA) is 29.9 Å². The number of aryl methyl sites for hydroxylation is 2. The van der Waals surface area contributed by atoms with E-state index in [2.05, 4.69) is 35.7 Å². The van der Waals surface area contributed by atoms with Crippen molar-refractivity contribution in [3.63, 3.8) is 0 Å². The lowest BCUT2D eigenvalue weighted by Gasteiger charge is -2.09. The summed E-state index contributed by atoms with van der Waals surface area (Å²) in [6.07, 6.45) is 6.80. The van der Waals surface area contributed by atoms with E-state index in [-0.39, 0.29) is 0 Å². The van der Waals surface area contributed by atoms with Crippen LogP contribution in [0.5, 0.6) is 0 Å². The molecule has 0 unspecified atom stereocenters. The van der Waals surface area contributed by atoms with Gasteiger partial charge in [0.05, 0.1) is 5.69 Å². The lowest BCUT2D eigenvalue weighted by Crippen LogP contribution is -2.15. The standard InChI is InChI=1S/C17H22ClN3/c1-3-4-17-15(11-21(2)20-17)12-5-8-16(18)13(9-12)10-19-14-6-7-14/h5,8-9,11,14,19H,3-4,6-7,10H2,1-2H3. The molecule has 0 amide bonds. The molecule has 0 radical (unpaired) electrons. The van der Waals surface area contributed by atoms with Gasteiger partial charge in [-0.25, -0.2) is 0 Å². The number of rotatable bonds is 6. The average molecular weight is 304 g/mol. The van der Waals surface area contributed by atoms with Crippen LogP contribution in [0.4, 0.5) is 0 Å². The van der Waals surface area contributed by atoms with Crippen molar-refractivity contribution >= 4 is 11.6 Å². The molecular weight excluding hydrogens is 282 g/mol. The van der Waals surface area contributed by atoms with E-state index >= 15 is 0 Å². The van der Waals surface area contributed by atoms with Crippen LogP contribution in [-0.2, 0) is 20.0 Å². The third-order valence-corrected chi connectivity index (χ3v) is 4.28. The van der Waals surface area contributed by atoms with Gasteiger partial charge in [-0.05, 0) is 42.5 Å². The van der Waals surface area contributed by atoms with Crippen molar-refractivity contribution in [3.05, 3.63) is 40.7 Å². The molecule has 1 heterocycles. The molecule has 21 heavy (non-hydrogen) atoms. The molecule has 1 aliphatic carbocycles. The van der Waals surface area contributed by atoms with Gasteiger partial charge in [0.15, 0.2) is 0 Å². The number of aromatic nitrogens is 2. The minimum atomic E-state index is 0.693. The summed E-state index contributed by atoms with van der Waals surface area (Å²) in [7, 11) is 1.98. The van der Waals surface area contributed by atoms with Crippen LogP contribution in [0.3, 0.4) is 0 Å². The highest BCUT2D eigenvalue weighted by Gasteiger charge is 2.20. The van der Waals surface area contributed by atoms with Gasteiger partial charge in [0.25, 0.3) is 0 Å². The van der Waals surface area contributed by atoms with Crippen molar-refractivity contribution in [1.29, 1.82) is 0 Å². The summed E-state index contributed by atoms with van der Waals surface area (Å²) < 4.78 is 1.90. The van der Waals surface area contributed by atoms with Gasteiger partial charge >= 0.3 is 0 Å². The molecule has 1 aromatic heterocycles. The second-order valence-corrected chi connectivity index (χ2v) is 6.28. The molecule has 0 atom stereocenters. The van der Waals surface area contributed by atoms with Crippen molar-refractivity contribution < 1.29 is 0 Å². The zero-order valence-electron chi connectivity index (χ0n) is 12.7. The number of halogens is 1. The Labute approximate surface area is 131 Å². The van der Waals surface area contributed by atoms with Crippen LogP contribution < -0.4 is 5.32 Å². The maximum Gasteiger partial charge on any atom is 0.0702 e. The lowest BCUT2D eigenvalue weighted by molar-refractivity contribution is 0.688. The monoisotopic (exact) mass is 303 g/mol. The summed E-state index contributed by atoms with van der Waals surface area (Å²) in [4.78, 5) is 0. The minimum absolute atomic E-state index is 0.693. The predicted octanol–water partition coefficient (Wildman–Crippen LogP) is 3.95. The Balaban J connectivity index is 1.88. The minimum Gasteiger partial charge on any atom is -0.310 e. The van der Waals surface area contributed by atoms with Gasteiger partial charge in [0, 0.05) is 36.4 Å². The first-order valence-electron chi connectivity index (χ1n) is 7.72. The maximum atomic E-state index is 6.33. The summed E-state index contributed by atoms with van der Waals surface area (Å²) in [6, 6.07) is 7.00. The molecule has 0 spiro atoms. The van der Waals surface area contributed by atoms with Crippen molar-refractivity contribution in [3.8, 4) is 11.1 Å². The highest BCUT2D eigenvalue weighted by atomic mass is 35.5. The van der Waals surface area contributed by atoms with E-state index in [4.69, 9.17) is 11.6 Å². The zero-order chi connectivity index (χ0) is 14.8. The van der Waals surface area contributed by atoms with Gasteiger partial charge < -0.3 is 5.32 Å². The normalized spacial score (nSPS) is 14.6. The molecule has 1 aliphatic rings. The summed E-state index contributed by atoms with van der Waals surface area (Å²) >= 11 is 6.33. The van der Waals surface area contributed by atoms with Crippen LogP contribution in [0.2, 0.25) is 5.02 Å². The van der Waals surface area contributed by atoms with E-state index in [1.165, 1.54) is 35.2 Å². The van der Waals surface area contributed by atoms with Crippen molar-refractivity contribution in [2.24, 2.45) is 7.05 Å². The van der Waals surface area contributed by atoms with Crippen LogP contribution in [-0.4, -0.2) is 15.8 Å². The molecule has 3 nitrogen and oxygen atoms in total. The molecule has 0 saturated heterocycles. The Kier molecular flexibility index (Phi) is 4.32. The highest BCUT2D eigenvalue weighted by Crippen LogP contribution is 2.29. The van der Waals surface area contributed by atoms with Gasteiger partial charge in [-0.1, -0.05) is 31.0 Å². The molecule has 1 N–H and O–H groups in total. The van der Waals surface area contributed by atoms with E-state index in [9.17, 15) is 0 Å². The number of hydrogen-bond donors (Lipinski definition) is 1. The molecule has 0 aliphatic heterocycles. The van der Waals surface area contributed by atoms with Crippen LogP contribution >= 0.6 is 11.6 Å². The fourth-order valence-electron chi connectivity index (χ4n) is 2.62.